The molecule has 0 heterocycles. The lowest BCUT2D eigenvalue weighted by Gasteiger charge is -2.13. The van der Waals surface area contributed by atoms with Crippen LogP contribution in [0.15, 0.2) is 24.3 Å². The van der Waals surface area contributed by atoms with Crippen LogP contribution >= 0.6 is 11.6 Å². The molecule has 1 aliphatic carbocycles. The van der Waals surface area contributed by atoms with Crippen LogP contribution in [-0.2, 0) is 6.42 Å². The van der Waals surface area contributed by atoms with E-state index >= 15 is 0 Å². The van der Waals surface area contributed by atoms with Crippen molar-refractivity contribution in [1.29, 1.82) is 0 Å². The van der Waals surface area contributed by atoms with Gasteiger partial charge in [-0.1, -0.05) is 65.8 Å². The van der Waals surface area contributed by atoms with Gasteiger partial charge >= 0.3 is 0 Å². The molecule has 106 valence electrons. The number of hydrogen-bond acceptors (Lipinski definition) is 0. The summed E-state index contributed by atoms with van der Waals surface area (Å²) >= 11 is 6.73. The topological polar surface area (TPSA) is 0 Å². The fraction of sp³-hybridized carbons (Fsp3) is 0.667. The van der Waals surface area contributed by atoms with Gasteiger partial charge in [0, 0.05) is 0 Å². The van der Waals surface area contributed by atoms with Crippen molar-refractivity contribution in [3.05, 3.63) is 35.4 Å². The van der Waals surface area contributed by atoms with Crippen LogP contribution in [0.3, 0.4) is 0 Å². The van der Waals surface area contributed by atoms with Crippen LogP contribution < -0.4 is 0 Å². The average Bonchev–Trinajstić information content (AvgIpc) is 2.68. The largest absolute Gasteiger partial charge is 0.117 e. The monoisotopic (exact) mass is 278 g/mol. The van der Waals surface area contributed by atoms with Gasteiger partial charge in [0.05, 0.1) is 5.38 Å². The molecule has 0 aliphatic heterocycles. The first-order valence-corrected chi connectivity index (χ1v) is 7.84. The predicted octanol–water partition coefficient (Wildman–Crippen LogP) is 5.85. The molecule has 0 spiro atoms. The second-order valence-corrected chi connectivity index (χ2v) is 8.13. The highest BCUT2D eigenvalue weighted by molar-refractivity contribution is 6.21. The van der Waals surface area contributed by atoms with Gasteiger partial charge in [-0.15, -0.1) is 11.6 Å². The molecule has 1 heteroatoms. The Morgan fingerprint density at radius 1 is 1.00 bits per heavy atom. The normalized spacial score (nSPS) is 22.5. The molecule has 1 saturated carbocycles. The SMILES string of the molecule is CC(C)Cc1ccc(C(Cl)C2C(C)(C)C2(C)C)cc1. The molecular weight excluding hydrogens is 252 g/mol. The van der Waals surface area contributed by atoms with E-state index in [0.29, 0.717) is 22.7 Å². The fourth-order valence-electron chi connectivity index (χ4n) is 3.48. The summed E-state index contributed by atoms with van der Waals surface area (Å²) < 4.78 is 0. The van der Waals surface area contributed by atoms with Gasteiger partial charge in [-0.05, 0) is 40.2 Å². The van der Waals surface area contributed by atoms with Crippen LogP contribution in [0.1, 0.15) is 58.0 Å². The Morgan fingerprint density at radius 3 is 1.84 bits per heavy atom. The standard InChI is InChI=1S/C18H27Cl/c1-12(2)11-13-7-9-14(10-8-13)15(19)16-17(3,4)18(16,5)6/h7-10,12,15-16H,11H2,1-6H3. The van der Waals surface area contributed by atoms with Crippen molar-refractivity contribution in [2.45, 2.75) is 53.3 Å². The smallest absolute Gasteiger partial charge is 0.0624 e. The molecule has 19 heavy (non-hydrogen) atoms. The fourth-order valence-corrected chi connectivity index (χ4v) is 4.26. The van der Waals surface area contributed by atoms with E-state index in [-0.39, 0.29) is 5.38 Å². The first-order chi connectivity index (χ1) is 8.68. The van der Waals surface area contributed by atoms with Crippen molar-refractivity contribution in [2.75, 3.05) is 0 Å². The first kappa shape index (κ1) is 14.9. The summed E-state index contributed by atoms with van der Waals surface area (Å²) in [4.78, 5) is 0. The maximum absolute atomic E-state index is 6.73. The quantitative estimate of drug-likeness (QED) is 0.606. The number of alkyl halides is 1. The van der Waals surface area contributed by atoms with Crippen LogP contribution in [0, 0.1) is 22.7 Å². The number of benzene rings is 1. The Balaban J connectivity index is 2.11. The zero-order valence-corrected chi connectivity index (χ0v) is 13.9. The van der Waals surface area contributed by atoms with Gasteiger partial charge in [-0.3, -0.25) is 0 Å². The lowest BCUT2D eigenvalue weighted by atomic mass is 9.98. The Bertz CT molecular complexity index is 425. The zero-order valence-electron chi connectivity index (χ0n) is 13.1. The van der Waals surface area contributed by atoms with Crippen LogP contribution in [0.2, 0.25) is 0 Å². The van der Waals surface area contributed by atoms with Crippen molar-refractivity contribution < 1.29 is 0 Å². The second kappa shape index (κ2) is 4.81. The zero-order chi connectivity index (χ0) is 14.4. The minimum Gasteiger partial charge on any atom is -0.117 e. The van der Waals surface area contributed by atoms with Crippen molar-refractivity contribution in [3.8, 4) is 0 Å². The Morgan fingerprint density at radius 2 is 1.47 bits per heavy atom. The number of hydrogen-bond donors (Lipinski definition) is 0. The summed E-state index contributed by atoms with van der Waals surface area (Å²) in [6.07, 6.45) is 1.15. The molecule has 1 aromatic rings. The van der Waals surface area contributed by atoms with E-state index in [1.54, 1.807) is 0 Å². The van der Waals surface area contributed by atoms with Gasteiger partial charge in [0.2, 0.25) is 0 Å². The summed E-state index contributed by atoms with van der Waals surface area (Å²) in [6, 6.07) is 8.93. The van der Waals surface area contributed by atoms with Gasteiger partial charge < -0.3 is 0 Å². The van der Waals surface area contributed by atoms with Crippen molar-refractivity contribution in [3.63, 3.8) is 0 Å². The van der Waals surface area contributed by atoms with E-state index in [1.807, 2.05) is 0 Å². The second-order valence-electron chi connectivity index (χ2n) is 7.66. The highest BCUT2D eigenvalue weighted by Crippen LogP contribution is 2.73. The summed E-state index contributed by atoms with van der Waals surface area (Å²) in [5.41, 5.74) is 3.38. The average molecular weight is 279 g/mol. The summed E-state index contributed by atoms with van der Waals surface area (Å²) in [5.74, 6) is 1.27. The highest BCUT2D eigenvalue weighted by atomic mass is 35.5. The maximum atomic E-state index is 6.73. The van der Waals surface area contributed by atoms with Crippen molar-refractivity contribution >= 4 is 11.6 Å². The molecular formula is C18H27Cl. The third-order valence-corrected chi connectivity index (χ3v) is 5.87. The predicted molar refractivity (Wildman–Crippen MR) is 84.6 cm³/mol. The van der Waals surface area contributed by atoms with Gasteiger partial charge in [0.15, 0.2) is 0 Å². The highest BCUT2D eigenvalue weighted by Gasteiger charge is 2.67. The van der Waals surface area contributed by atoms with E-state index in [0.717, 1.165) is 6.42 Å². The van der Waals surface area contributed by atoms with Gasteiger partial charge in [-0.2, -0.15) is 0 Å². The summed E-state index contributed by atoms with van der Waals surface area (Å²) in [7, 11) is 0. The third kappa shape index (κ3) is 2.57. The van der Waals surface area contributed by atoms with Gasteiger partial charge in [0.1, 0.15) is 0 Å². The van der Waals surface area contributed by atoms with E-state index in [2.05, 4.69) is 65.8 Å². The van der Waals surface area contributed by atoms with E-state index < -0.39 is 0 Å². The molecule has 0 bridgehead atoms. The van der Waals surface area contributed by atoms with Crippen molar-refractivity contribution in [1.82, 2.24) is 0 Å². The summed E-state index contributed by atoms with van der Waals surface area (Å²) in [5, 5.41) is 0.137. The molecule has 1 aromatic carbocycles. The van der Waals surface area contributed by atoms with E-state index in [9.17, 15) is 0 Å². The lowest BCUT2D eigenvalue weighted by Crippen LogP contribution is -2.00. The minimum absolute atomic E-state index is 0.137. The molecule has 0 radical (unpaired) electrons. The Hall–Kier alpha value is -0.490. The molecule has 2 rings (SSSR count). The van der Waals surface area contributed by atoms with Crippen LogP contribution in [0.5, 0.6) is 0 Å². The third-order valence-electron chi connectivity index (χ3n) is 5.37. The minimum atomic E-state index is 0.137. The molecule has 1 atom stereocenters. The number of rotatable bonds is 4. The maximum Gasteiger partial charge on any atom is 0.0624 e. The van der Waals surface area contributed by atoms with Crippen LogP contribution in [0.25, 0.3) is 0 Å². The molecule has 0 saturated heterocycles. The van der Waals surface area contributed by atoms with Gasteiger partial charge in [0.25, 0.3) is 0 Å². The molecule has 1 aliphatic rings. The lowest BCUT2D eigenvalue weighted by molar-refractivity contribution is 0.457. The first-order valence-electron chi connectivity index (χ1n) is 7.41. The Kier molecular flexibility index (Phi) is 3.77. The van der Waals surface area contributed by atoms with Crippen LogP contribution in [0.4, 0.5) is 0 Å². The van der Waals surface area contributed by atoms with E-state index in [4.69, 9.17) is 11.6 Å². The summed E-state index contributed by atoms with van der Waals surface area (Å²) in [6.45, 7) is 13.8. The molecule has 0 N–H and O–H groups in total. The molecule has 0 amide bonds. The molecule has 0 aromatic heterocycles. The van der Waals surface area contributed by atoms with Crippen LogP contribution in [-0.4, -0.2) is 0 Å². The van der Waals surface area contributed by atoms with Gasteiger partial charge in [-0.25, -0.2) is 0 Å². The molecule has 1 fully saturated rings. The molecule has 0 nitrogen and oxygen atoms in total. The molecule has 1 unspecified atom stereocenters. The Labute approximate surface area is 123 Å². The van der Waals surface area contributed by atoms with Crippen molar-refractivity contribution in [2.24, 2.45) is 22.7 Å². The van der Waals surface area contributed by atoms with E-state index in [1.165, 1.54) is 11.1 Å². The number of halogens is 1.